The second kappa shape index (κ2) is 8.49. The van der Waals surface area contributed by atoms with Gasteiger partial charge in [0.15, 0.2) is 0 Å². The Balaban J connectivity index is 1.84. The van der Waals surface area contributed by atoms with Crippen LogP contribution in [0.5, 0.6) is 0 Å². The number of non-ortho nitro benzene ring substituents is 1. The molecule has 2 aromatic rings. The quantitative estimate of drug-likeness (QED) is 0.478. The Kier molecular flexibility index (Phi) is 5.85. The molecule has 0 saturated carbocycles. The molecule has 9 nitrogen and oxygen atoms in total. The van der Waals surface area contributed by atoms with Crippen molar-refractivity contribution in [1.29, 1.82) is 0 Å². The lowest BCUT2D eigenvalue weighted by Crippen LogP contribution is -2.36. The number of ether oxygens (including phenoxy) is 2. The number of methoxy groups -OCH3 is 1. The Labute approximate surface area is 161 Å². The Morgan fingerprint density at radius 1 is 1.14 bits per heavy atom. The summed E-state index contributed by atoms with van der Waals surface area (Å²) in [7, 11) is 1.27. The van der Waals surface area contributed by atoms with Crippen LogP contribution >= 0.6 is 0 Å². The molecule has 28 heavy (non-hydrogen) atoms. The first-order valence-electron chi connectivity index (χ1n) is 8.60. The van der Waals surface area contributed by atoms with E-state index in [4.69, 9.17) is 9.47 Å². The number of nitrogens with one attached hydrogen (secondary N) is 1. The normalized spacial score (nSPS) is 13.7. The van der Waals surface area contributed by atoms with Crippen LogP contribution in [0.4, 0.5) is 17.1 Å². The first-order chi connectivity index (χ1) is 13.5. The molecule has 1 aliphatic heterocycles. The van der Waals surface area contributed by atoms with Gasteiger partial charge in [-0.1, -0.05) is 0 Å². The van der Waals surface area contributed by atoms with E-state index >= 15 is 0 Å². The van der Waals surface area contributed by atoms with E-state index < -0.39 is 16.8 Å². The Hall–Kier alpha value is -3.46. The molecule has 0 unspecified atom stereocenters. The van der Waals surface area contributed by atoms with Crippen molar-refractivity contribution >= 4 is 28.9 Å². The van der Waals surface area contributed by atoms with Gasteiger partial charge < -0.3 is 19.7 Å². The third kappa shape index (κ3) is 4.26. The zero-order valence-electron chi connectivity index (χ0n) is 15.2. The number of anilines is 2. The van der Waals surface area contributed by atoms with Gasteiger partial charge in [-0.25, -0.2) is 4.79 Å². The van der Waals surface area contributed by atoms with Crippen LogP contribution in [0.2, 0.25) is 0 Å². The van der Waals surface area contributed by atoms with Crippen LogP contribution in [0, 0.1) is 10.1 Å². The highest BCUT2D eigenvalue weighted by Crippen LogP contribution is 2.25. The summed E-state index contributed by atoms with van der Waals surface area (Å²) < 4.78 is 10.2. The van der Waals surface area contributed by atoms with Gasteiger partial charge in [0.1, 0.15) is 0 Å². The number of carbonyl (C=O) groups is 2. The number of nitro benzene ring substituents is 1. The molecule has 0 bridgehead atoms. The summed E-state index contributed by atoms with van der Waals surface area (Å²) in [5, 5.41) is 13.4. The van der Waals surface area contributed by atoms with Crippen molar-refractivity contribution in [2.24, 2.45) is 0 Å². The zero-order chi connectivity index (χ0) is 20.1. The SMILES string of the molecule is COC(=O)c1cc(N2CCOCC2)ccc1NC(=O)c1ccc([N+](=O)[O-])cc1. The largest absolute Gasteiger partial charge is 0.465 e. The fourth-order valence-corrected chi connectivity index (χ4v) is 2.87. The monoisotopic (exact) mass is 385 g/mol. The number of carbonyl (C=O) groups excluding carboxylic acids is 2. The average Bonchev–Trinajstić information content (AvgIpc) is 2.74. The predicted molar refractivity (Wildman–Crippen MR) is 102 cm³/mol. The number of amides is 1. The zero-order valence-corrected chi connectivity index (χ0v) is 15.2. The van der Waals surface area contributed by atoms with Crippen molar-refractivity contribution in [3.8, 4) is 0 Å². The van der Waals surface area contributed by atoms with Gasteiger partial charge in [0.2, 0.25) is 0 Å². The minimum absolute atomic E-state index is 0.110. The number of benzene rings is 2. The maximum Gasteiger partial charge on any atom is 0.340 e. The van der Waals surface area contributed by atoms with Crippen LogP contribution in [0.15, 0.2) is 42.5 Å². The molecule has 0 aromatic heterocycles. The van der Waals surface area contributed by atoms with Gasteiger partial charge in [0.05, 0.1) is 36.5 Å². The highest BCUT2D eigenvalue weighted by molar-refractivity contribution is 6.08. The second-order valence-electron chi connectivity index (χ2n) is 6.08. The molecule has 3 rings (SSSR count). The molecular formula is C19H19N3O6. The number of morpholine rings is 1. The minimum Gasteiger partial charge on any atom is -0.465 e. The van der Waals surface area contributed by atoms with Gasteiger partial charge in [-0.2, -0.15) is 0 Å². The van der Waals surface area contributed by atoms with Gasteiger partial charge in [-0.3, -0.25) is 14.9 Å². The highest BCUT2D eigenvalue weighted by atomic mass is 16.6. The van der Waals surface area contributed by atoms with Crippen LogP contribution in [0.3, 0.4) is 0 Å². The van der Waals surface area contributed by atoms with E-state index in [1.807, 2.05) is 6.07 Å². The molecule has 1 fully saturated rings. The second-order valence-corrected chi connectivity index (χ2v) is 6.08. The number of esters is 1. The van der Waals surface area contributed by atoms with E-state index in [-0.39, 0.29) is 16.8 Å². The van der Waals surface area contributed by atoms with Crippen molar-refractivity contribution in [1.82, 2.24) is 0 Å². The highest BCUT2D eigenvalue weighted by Gasteiger charge is 2.19. The number of hydrogen-bond donors (Lipinski definition) is 1. The van der Waals surface area contributed by atoms with Gasteiger partial charge >= 0.3 is 5.97 Å². The lowest BCUT2D eigenvalue weighted by atomic mass is 10.1. The van der Waals surface area contributed by atoms with Crippen LogP contribution in [0.25, 0.3) is 0 Å². The Bertz CT molecular complexity index is 891. The predicted octanol–water partition coefficient (Wildman–Crippen LogP) is 2.47. The molecule has 146 valence electrons. The molecule has 0 atom stereocenters. The van der Waals surface area contributed by atoms with E-state index in [1.165, 1.54) is 31.4 Å². The molecule has 1 aliphatic rings. The van der Waals surface area contributed by atoms with Crippen molar-refractivity contribution in [3.63, 3.8) is 0 Å². The average molecular weight is 385 g/mol. The number of rotatable bonds is 5. The van der Waals surface area contributed by atoms with Crippen molar-refractivity contribution in [2.75, 3.05) is 43.6 Å². The minimum atomic E-state index is -0.575. The van der Waals surface area contributed by atoms with Gasteiger partial charge in [0, 0.05) is 36.5 Å². The van der Waals surface area contributed by atoms with Crippen molar-refractivity contribution in [2.45, 2.75) is 0 Å². The van der Waals surface area contributed by atoms with E-state index in [0.717, 1.165) is 5.69 Å². The van der Waals surface area contributed by atoms with Gasteiger partial charge in [0.25, 0.3) is 11.6 Å². The smallest absolute Gasteiger partial charge is 0.340 e. The standard InChI is InChI=1S/C19H19N3O6/c1-27-19(24)16-12-15(21-8-10-28-11-9-21)6-7-17(16)20-18(23)13-2-4-14(5-3-13)22(25)26/h2-7,12H,8-11H2,1H3,(H,20,23). The van der Waals surface area contributed by atoms with Crippen LogP contribution < -0.4 is 10.2 Å². The van der Waals surface area contributed by atoms with Gasteiger partial charge in [-0.15, -0.1) is 0 Å². The molecule has 1 amide bonds. The molecule has 9 heteroatoms. The van der Waals surface area contributed by atoms with Crippen LogP contribution in [-0.2, 0) is 9.47 Å². The van der Waals surface area contributed by atoms with E-state index in [9.17, 15) is 19.7 Å². The maximum absolute atomic E-state index is 12.5. The summed E-state index contributed by atoms with van der Waals surface area (Å²) in [5.41, 5.74) is 1.48. The summed E-state index contributed by atoms with van der Waals surface area (Å²) in [5.74, 6) is -1.06. The summed E-state index contributed by atoms with van der Waals surface area (Å²) in [6.45, 7) is 2.61. The van der Waals surface area contributed by atoms with Crippen LogP contribution in [-0.4, -0.2) is 50.2 Å². The van der Waals surface area contributed by atoms with E-state index in [1.54, 1.807) is 12.1 Å². The lowest BCUT2D eigenvalue weighted by Gasteiger charge is -2.29. The number of nitro groups is 1. The van der Waals surface area contributed by atoms with Crippen molar-refractivity contribution < 1.29 is 24.0 Å². The van der Waals surface area contributed by atoms with E-state index in [2.05, 4.69) is 10.2 Å². The fourth-order valence-electron chi connectivity index (χ4n) is 2.87. The summed E-state index contributed by atoms with van der Waals surface area (Å²) >= 11 is 0. The Morgan fingerprint density at radius 3 is 2.43 bits per heavy atom. The van der Waals surface area contributed by atoms with Gasteiger partial charge in [-0.05, 0) is 30.3 Å². The topological polar surface area (TPSA) is 111 Å². The number of nitrogens with zero attached hydrogens (tertiary/aromatic N) is 2. The maximum atomic E-state index is 12.5. The summed E-state index contributed by atoms with van der Waals surface area (Å²) in [4.78, 5) is 37.0. The third-order valence-corrected chi connectivity index (χ3v) is 4.37. The molecule has 0 aliphatic carbocycles. The molecule has 0 spiro atoms. The first-order valence-corrected chi connectivity index (χ1v) is 8.60. The molecule has 2 aromatic carbocycles. The van der Waals surface area contributed by atoms with Crippen LogP contribution in [0.1, 0.15) is 20.7 Å². The molecule has 1 heterocycles. The molecule has 0 radical (unpaired) electrons. The molecule has 1 N–H and O–H groups in total. The lowest BCUT2D eigenvalue weighted by molar-refractivity contribution is -0.384. The van der Waals surface area contributed by atoms with Crippen molar-refractivity contribution in [3.05, 3.63) is 63.7 Å². The third-order valence-electron chi connectivity index (χ3n) is 4.37. The molecule has 1 saturated heterocycles. The fraction of sp³-hybridized carbons (Fsp3) is 0.263. The summed E-state index contributed by atoms with van der Waals surface area (Å²) in [6, 6.07) is 10.3. The first kappa shape index (κ1) is 19.3. The number of hydrogen-bond acceptors (Lipinski definition) is 7. The summed E-state index contributed by atoms with van der Waals surface area (Å²) in [6.07, 6.45) is 0. The molecular weight excluding hydrogens is 366 g/mol. The Morgan fingerprint density at radius 2 is 1.82 bits per heavy atom. The van der Waals surface area contributed by atoms with E-state index in [0.29, 0.717) is 32.0 Å².